The lowest BCUT2D eigenvalue weighted by atomic mass is 10.1. The Kier molecular flexibility index (Phi) is 6.18. The molecular formula is C19H19FN4O2S. The molecule has 6 nitrogen and oxygen atoms in total. The number of pyridine rings is 1. The summed E-state index contributed by atoms with van der Waals surface area (Å²) >= 11 is 1.29. The van der Waals surface area contributed by atoms with Crippen LogP contribution in [0, 0.1) is 5.82 Å². The number of thioether (sulfide) groups is 1. The molecule has 0 aliphatic rings. The largest absolute Gasteiger partial charge is 0.494 e. The monoisotopic (exact) mass is 386 g/mol. The fraction of sp³-hybridized carbons (Fsp3) is 0.263. The molecule has 0 spiro atoms. The molecule has 8 heteroatoms. The Morgan fingerprint density at radius 2 is 2.00 bits per heavy atom. The molecule has 0 saturated heterocycles. The topological polar surface area (TPSA) is 69.9 Å². The van der Waals surface area contributed by atoms with Gasteiger partial charge in [-0.2, -0.15) is 0 Å². The van der Waals surface area contributed by atoms with Crippen LogP contribution >= 0.6 is 11.8 Å². The van der Waals surface area contributed by atoms with Crippen LogP contribution in [-0.4, -0.2) is 38.4 Å². The molecule has 3 aromatic rings. The Morgan fingerprint density at radius 1 is 1.22 bits per heavy atom. The first-order valence-corrected chi connectivity index (χ1v) is 9.45. The van der Waals surface area contributed by atoms with E-state index in [0.29, 0.717) is 10.7 Å². The summed E-state index contributed by atoms with van der Waals surface area (Å²) in [6.07, 6.45) is 4.31. The fourth-order valence-corrected chi connectivity index (χ4v) is 3.45. The summed E-state index contributed by atoms with van der Waals surface area (Å²) in [6.45, 7) is 2.80. The van der Waals surface area contributed by atoms with Gasteiger partial charge in [-0.1, -0.05) is 18.7 Å². The molecule has 0 amide bonds. The van der Waals surface area contributed by atoms with Gasteiger partial charge < -0.3 is 9.30 Å². The summed E-state index contributed by atoms with van der Waals surface area (Å²) in [7, 11) is 1.39. The number of methoxy groups -OCH3 is 1. The molecule has 0 aliphatic carbocycles. The van der Waals surface area contributed by atoms with Gasteiger partial charge in [0.2, 0.25) is 0 Å². The van der Waals surface area contributed by atoms with Crippen molar-refractivity contribution in [2.75, 3.05) is 12.9 Å². The van der Waals surface area contributed by atoms with E-state index >= 15 is 0 Å². The van der Waals surface area contributed by atoms with Crippen molar-refractivity contribution in [2.45, 2.75) is 25.0 Å². The van der Waals surface area contributed by atoms with E-state index in [-0.39, 0.29) is 17.3 Å². The van der Waals surface area contributed by atoms with Crippen LogP contribution in [0.3, 0.4) is 0 Å². The van der Waals surface area contributed by atoms with Crippen LogP contribution in [0.25, 0.3) is 11.4 Å². The average Bonchev–Trinajstić information content (AvgIpc) is 3.09. The van der Waals surface area contributed by atoms with Gasteiger partial charge in [0.25, 0.3) is 0 Å². The Labute approximate surface area is 160 Å². The SMILES string of the molecule is CCCn1c(SCC(=O)c2ccc(OC)c(F)c2)nnc1-c1ccncc1. The van der Waals surface area contributed by atoms with E-state index in [1.807, 2.05) is 16.7 Å². The van der Waals surface area contributed by atoms with Gasteiger partial charge in [-0.25, -0.2) is 4.39 Å². The van der Waals surface area contributed by atoms with Crippen LogP contribution in [0.15, 0.2) is 47.9 Å². The molecule has 140 valence electrons. The zero-order valence-corrected chi connectivity index (χ0v) is 15.9. The number of carbonyl (C=O) groups excluding carboxylic acids is 1. The Hall–Kier alpha value is -2.74. The van der Waals surface area contributed by atoms with Crippen molar-refractivity contribution in [3.63, 3.8) is 0 Å². The molecular weight excluding hydrogens is 367 g/mol. The number of carbonyl (C=O) groups is 1. The van der Waals surface area contributed by atoms with Crippen LogP contribution in [0.2, 0.25) is 0 Å². The fourth-order valence-electron chi connectivity index (χ4n) is 2.59. The Balaban J connectivity index is 1.77. The summed E-state index contributed by atoms with van der Waals surface area (Å²) < 4.78 is 20.7. The number of Topliss-reactive ketones (excluding diaryl/α,β-unsaturated/α-hetero) is 1. The smallest absolute Gasteiger partial charge is 0.191 e. The highest BCUT2D eigenvalue weighted by molar-refractivity contribution is 7.99. The predicted molar refractivity (Wildman–Crippen MR) is 102 cm³/mol. The van der Waals surface area contributed by atoms with Gasteiger partial charge in [0, 0.05) is 30.1 Å². The molecule has 0 atom stereocenters. The molecule has 3 rings (SSSR count). The summed E-state index contributed by atoms with van der Waals surface area (Å²) in [5.74, 6) is 0.262. The molecule has 0 bridgehead atoms. The van der Waals surface area contributed by atoms with Crippen molar-refractivity contribution in [2.24, 2.45) is 0 Å². The number of ketones is 1. The lowest BCUT2D eigenvalue weighted by Crippen LogP contribution is -2.06. The van der Waals surface area contributed by atoms with Crippen LogP contribution in [0.5, 0.6) is 5.75 Å². The third-order valence-electron chi connectivity index (χ3n) is 3.91. The lowest BCUT2D eigenvalue weighted by molar-refractivity contribution is 0.102. The molecule has 0 saturated carbocycles. The molecule has 0 N–H and O–H groups in total. The maximum atomic E-state index is 13.8. The number of aromatic nitrogens is 4. The van der Waals surface area contributed by atoms with Gasteiger partial charge in [0.15, 0.2) is 28.3 Å². The van der Waals surface area contributed by atoms with Crippen molar-refractivity contribution in [3.05, 3.63) is 54.1 Å². The van der Waals surface area contributed by atoms with Crippen molar-refractivity contribution < 1.29 is 13.9 Å². The van der Waals surface area contributed by atoms with Crippen molar-refractivity contribution in [1.82, 2.24) is 19.7 Å². The summed E-state index contributed by atoms with van der Waals surface area (Å²) in [5.41, 5.74) is 1.22. The zero-order chi connectivity index (χ0) is 19.2. The van der Waals surface area contributed by atoms with Crippen molar-refractivity contribution in [3.8, 4) is 17.1 Å². The first kappa shape index (κ1) is 19.0. The van der Waals surface area contributed by atoms with E-state index in [1.165, 1.54) is 31.0 Å². The number of nitrogens with zero attached hydrogens (tertiary/aromatic N) is 4. The highest BCUT2D eigenvalue weighted by atomic mass is 32.2. The van der Waals surface area contributed by atoms with Crippen LogP contribution in [0.1, 0.15) is 23.7 Å². The zero-order valence-electron chi connectivity index (χ0n) is 15.1. The number of benzene rings is 1. The number of halogens is 1. The number of rotatable bonds is 8. The second-order valence-electron chi connectivity index (χ2n) is 5.75. The molecule has 2 aromatic heterocycles. The Morgan fingerprint density at radius 3 is 2.67 bits per heavy atom. The van der Waals surface area contributed by atoms with E-state index in [1.54, 1.807) is 18.5 Å². The van der Waals surface area contributed by atoms with Gasteiger partial charge in [-0.3, -0.25) is 9.78 Å². The quantitative estimate of drug-likeness (QED) is 0.432. The van der Waals surface area contributed by atoms with Crippen LogP contribution < -0.4 is 4.74 Å². The first-order chi connectivity index (χ1) is 13.1. The second kappa shape index (κ2) is 8.77. The average molecular weight is 386 g/mol. The number of hydrogen-bond acceptors (Lipinski definition) is 6. The summed E-state index contributed by atoms with van der Waals surface area (Å²) in [4.78, 5) is 16.4. The van der Waals surface area contributed by atoms with E-state index in [2.05, 4.69) is 22.1 Å². The van der Waals surface area contributed by atoms with E-state index < -0.39 is 5.82 Å². The minimum Gasteiger partial charge on any atom is -0.494 e. The lowest BCUT2D eigenvalue weighted by Gasteiger charge is -2.09. The van der Waals surface area contributed by atoms with Crippen molar-refractivity contribution in [1.29, 1.82) is 0 Å². The molecule has 0 unspecified atom stereocenters. The minimum atomic E-state index is -0.553. The van der Waals surface area contributed by atoms with Gasteiger partial charge in [0.1, 0.15) is 0 Å². The van der Waals surface area contributed by atoms with Gasteiger partial charge in [0.05, 0.1) is 12.9 Å². The third-order valence-corrected chi connectivity index (χ3v) is 4.88. The summed E-state index contributed by atoms with van der Waals surface area (Å²) in [6, 6.07) is 7.95. The van der Waals surface area contributed by atoms with Crippen LogP contribution in [0.4, 0.5) is 4.39 Å². The standard InChI is InChI=1S/C19H19FN4O2S/c1-3-10-24-18(13-6-8-21-9-7-13)22-23-19(24)27-12-16(25)14-4-5-17(26-2)15(20)11-14/h4-9,11H,3,10,12H2,1-2H3. The van der Waals surface area contributed by atoms with E-state index in [0.717, 1.165) is 24.4 Å². The highest BCUT2D eigenvalue weighted by Gasteiger charge is 2.16. The number of ether oxygens (including phenoxy) is 1. The Bertz CT molecular complexity index is 931. The molecule has 0 aliphatic heterocycles. The number of hydrogen-bond donors (Lipinski definition) is 0. The third kappa shape index (κ3) is 4.33. The molecule has 2 heterocycles. The molecule has 0 radical (unpaired) electrons. The predicted octanol–water partition coefficient (Wildman–Crippen LogP) is 3.87. The van der Waals surface area contributed by atoms with E-state index in [9.17, 15) is 9.18 Å². The first-order valence-electron chi connectivity index (χ1n) is 8.47. The molecule has 27 heavy (non-hydrogen) atoms. The van der Waals surface area contributed by atoms with Gasteiger partial charge >= 0.3 is 0 Å². The van der Waals surface area contributed by atoms with Crippen molar-refractivity contribution >= 4 is 17.5 Å². The van der Waals surface area contributed by atoms with Gasteiger partial charge in [-0.15, -0.1) is 10.2 Å². The minimum absolute atomic E-state index is 0.115. The summed E-state index contributed by atoms with van der Waals surface area (Å²) in [5, 5.41) is 9.16. The highest BCUT2D eigenvalue weighted by Crippen LogP contribution is 2.25. The second-order valence-corrected chi connectivity index (χ2v) is 6.70. The van der Waals surface area contributed by atoms with Gasteiger partial charge in [-0.05, 0) is 36.8 Å². The maximum Gasteiger partial charge on any atom is 0.191 e. The molecule has 0 fully saturated rings. The maximum absolute atomic E-state index is 13.8. The normalized spacial score (nSPS) is 10.8. The van der Waals surface area contributed by atoms with E-state index in [4.69, 9.17) is 4.74 Å². The molecule has 1 aromatic carbocycles. The van der Waals surface area contributed by atoms with Crippen LogP contribution in [-0.2, 0) is 6.54 Å².